The summed E-state index contributed by atoms with van der Waals surface area (Å²) in [4.78, 5) is 19.0. The molecule has 1 fully saturated rings. The highest BCUT2D eigenvalue weighted by Crippen LogP contribution is 2.31. The molecule has 5 nitrogen and oxygen atoms in total. The molecule has 0 aliphatic carbocycles. The Morgan fingerprint density at radius 1 is 1.19 bits per heavy atom. The molecular formula is C21H19ClN2O3. The Morgan fingerprint density at radius 3 is 2.78 bits per heavy atom. The van der Waals surface area contributed by atoms with Gasteiger partial charge < -0.3 is 14.4 Å². The van der Waals surface area contributed by atoms with E-state index in [-0.39, 0.29) is 12.0 Å². The number of benzene rings is 2. The van der Waals surface area contributed by atoms with Crippen molar-refractivity contribution in [1.82, 2.24) is 9.88 Å². The third-order valence-electron chi connectivity index (χ3n) is 4.54. The standard InChI is InChI=1S/C21H19ClN2O3/c1-2-26-18-10-9-14-6-3-4-7-16(14)19(18)21(25)24-12-15(13-24)27-20-17(22)8-5-11-23-20/h3-11,15H,2,12-13H2,1H3. The van der Waals surface area contributed by atoms with Gasteiger partial charge in [-0.25, -0.2) is 4.98 Å². The predicted octanol–water partition coefficient (Wildman–Crippen LogP) is 4.19. The third-order valence-corrected chi connectivity index (χ3v) is 4.83. The van der Waals surface area contributed by atoms with Crippen molar-refractivity contribution < 1.29 is 14.3 Å². The molecule has 0 atom stereocenters. The zero-order chi connectivity index (χ0) is 18.8. The second-order valence-corrected chi connectivity index (χ2v) is 6.74. The first kappa shape index (κ1) is 17.6. The van der Waals surface area contributed by atoms with Gasteiger partial charge in [0.25, 0.3) is 5.91 Å². The highest BCUT2D eigenvalue weighted by Gasteiger charge is 2.35. The summed E-state index contributed by atoms with van der Waals surface area (Å²) in [5.41, 5.74) is 0.601. The molecule has 0 spiro atoms. The summed E-state index contributed by atoms with van der Waals surface area (Å²) in [5.74, 6) is 0.956. The molecule has 1 saturated heterocycles. The Kier molecular flexibility index (Phi) is 4.86. The summed E-state index contributed by atoms with van der Waals surface area (Å²) in [6, 6.07) is 15.2. The minimum Gasteiger partial charge on any atom is -0.493 e. The van der Waals surface area contributed by atoms with E-state index in [1.165, 1.54) is 0 Å². The van der Waals surface area contributed by atoms with Gasteiger partial charge in [-0.05, 0) is 35.9 Å². The molecular weight excluding hydrogens is 364 g/mol. The topological polar surface area (TPSA) is 51.7 Å². The lowest BCUT2D eigenvalue weighted by Crippen LogP contribution is -2.56. The Labute approximate surface area is 162 Å². The van der Waals surface area contributed by atoms with Crippen LogP contribution in [0.1, 0.15) is 17.3 Å². The molecule has 1 aromatic heterocycles. The molecule has 0 bridgehead atoms. The van der Waals surface area contributed by atoms with Crippen molar-refractivity contribution in [3.63, 3.8) is 0 Å². The van der Waals surface area contributed by atoms with Crippen molar-refractivity contribution in [2.24, 2.45) is 0 Å². The fourth-order valence-electron chi connectivity index (χ4n) is 3.20. The van der Waals surface area contributed by atoms with Crippen molar-refractivity contribution in [2.45, 2.75) is 13.0 Å². The Bertz CT molecular complexity index is 986. The summed E-state index contributed by atoms with van der Waals surface area (Å²) >= 11 is 6.08. The highest BCUT2D eigenvalue weighted by molar-refractivity contribution is 6.31. The summed E-state index contributed by atoms with van der Waals surface area (Å²) in [6.45, 7) is 3.39. The number of ether oxygens (including phenoxy) is 2. The Morgan fingerprint density at radius 2 is 2.00 bits per heavy atom. The largest absolute Gasteiger partial charge is 0.493 e. The zero-order valence-electron chi connectivity index (χ0n) is 14.9. The smallest absolute Gasteiger partial charge is 0.258 e. The predicted molar refractivity (Wildman–Crippen MR) is 105 cm³/mol. The average molecular weight is 383 g/mol. The molecule has 3 aromatic rings. The minimum atomic E-state index is -0.119. The molecule has 27 heavy (non-hydrogen) atoms. The van der Waals surface area contributed by atoms with E-state index in [1.807, 2.05) is 43.3 Å². The molecule has 138 valence electrons. The summed E-state index contributed by atoms with van der Waals surface area (Å²) in [6.07, 6.45) is 1.51. The molecule has 0 N–H and O–H groups in total. The average Bonchev–Trinajstić information content (AvgIpc) is 2.65. The number of carbonyl (C=O) groups is 1. The van der Waals surface area contributed by atoms with Crippen LogP contribution in [-0.2, 0) is 0 Å². The maximum Gasteiger partial charge on any atom is 0.258 e. The zero-order valence-corrected chi connectivity index (χ0v) is 15.6. The van der Waals surface area contributed by atoms with Gasteiger partial charge in [-0.15, -0.1) is 0 Å². The van der Waals surface area contributed by atoms with E-state index in [9.17, 15) is 4.79 Å². The van der Waals surface area contributed by atoms with Gasteiger partial charge in [-0.2, -0.15) is 0 Å². The van der Waals surface area contributed by atoms with Crippen LogP contribution in [-0.4, -0.2) is 41.6 Å². The molecule has 1 aliphatic heterocycles. The van der Waals surface area contributed by atoms with E-state index in [2.05, 4.69) is 4.98 Å². The van der Waals surface area contributed by atoms with Crippen molar-refractivity contribution in [2.75, 3.05) is 19.7 Å². The van der Waals surface area contributed by atoms with E-state index in [0.717, 1.165) is 10.8 Å². The number of amides is 1. The summed E-state index contributed by atoms with van der Waals surface area (Å²) < 4.78 is 11.5. The van der Waals surface area contributed by atoms with E-state index < -0.39 is 0 Å². The molecule has 6 heteroatoms. The second-order valence-electron chi connectivity index (χ2n) is 6.33. The van der Waals surface area contributed by atoms with Gasteiger partial charge in [0.1, 0.15) is 16.9 Å². The van der Waals surface area contributed by atoms with Crippen LogP contribution in [0.4, 0.5) is 0 Å². The first-order chi connectivity index (χ1) is 13.2. The normalized spacial score (nSPS) is 14.1. The second kappa shape index (κ2) is 7.45. The number of fused-ring (bicyclic) bond motifs is 1. The van der Waals surface area contributed by atoms with Gasteiger partial charge in [-0.1, -0.05) is 41.9 Å². The maximum atomic E-state index is 13.2. The lowest BCUT2D eigenvalue weighted by Gasteiger charge is -2.39. The SMILES string of the molecule is CCOc1ccc2ccccc2c1C(=O)N1CC(Oc2ncccc2Cl)C1. The molecule has 1 amide bonds. The Hall–Kier alpha value is -2.79. The van der Waals surface area contributed by atoms with Crippen LogP contribution in [0.25, 0.3) is 10.8 Å². The van der Waals surface area contributed by atoms with Gasteiger partial charge in [0.15, 0.2) is 0 Å². The third kappa shape index (κ3) is 3.43. The lowest BCUT2D eigenvalue weighted by atomic mass is 10.0. The first-order valence-electron chi connectivity index (χ1n) is 8.88. The number of hydrogen-bond donors (Lipinski definition) is 0. The molecule has 4 rings (SSSR count). The monoisotopic (exact) mass is 382 g/mol. The molecule has 2 aromatic carbocycles. The molecule has 0 radical (unpaired) electrons. The number of aromatic nitrogens is 1. The number of likely N-dealkylation sites (tertiary alicyclic amines) is 1. The van der Waals surface area contributed by atoms with Crippen LogP contribution in [0.5, 0.6) is 11.6 Å². The van der Waals surface area contributed by atoms with Crippen molar-refractivity contribution >= 4 is 28.3 Å². The minimum absolute atomic E-state index is 0.0535. The number of halogens is 1. The highest BCUT2D eigenvalue weighted by atomic mass is 35.5. The van der Waals surface area contributed by atoms with Gasteiger partial charge >= 0.3 is 0 Å². The fraction of sp³-hybridized carbons (Fsp3) is 0.238. The van der Waals surface area contributed by atoms with E-state index >= 15 is 0 Å². The van der Waals surface area contributed by atoms with Gasteiger partial charge in [0, 0.05) is 6.20 Å². The number of pyridine rings is 1. The van der Waals surface area contributed by atoms with Crippen molar-refractivity contribution in [3.05, 3.63) is 65.3 Å². The van der Waals surface area contributed by atoms with Crippen molar-refractivity contribution in [3.8, 4) is 11.6 Å². The number of nitrogens with zero attached hydrogens (tertiary/aromatic N) is 2. The van der Waals surface area contributed by atoms with E-state index in [1.54, 1.807) is 23.2 Å². The van der Waals surface area contributed by atoms with Gasteiger partial charge in [0.2, 0.25) is 5.88 Å². The molecule has 2 heterocycles. The van der Waals surface area contributed by atoms with Crippen LogP contribution in [0.15, 0.2) is 54.7 Å². The Balaban J connectivity index is 1.54. The molecule has 0 saturated carbocycles. The quantitative estimate of drug-likeness (QED) is 0.664. The van der Waals surface area contributed by atoms with Crippen LogP contribution < -0.4 is 9.47 Å². The summed E-state index contributed by atoms with van der Waals surface area (Å²) in [7, 11) is 0. The molecule has 1 aliphatic rings. The van der Waals surface area contributed by atoms with E-state index in [4.69, 9.17) is 21.1 Å². The van der Waals surface area contributed by atoms with Crippen LogP contribution >= 0.6 is 11.6 Å². The van der Waals surface area contributed by atoms with Crippen LogP contribution in [0.3, 0.4) is 0 Å². The molecule has 0 unspecified atom stereocenters. The first-order valence-corrected chi connectivity index (χ1v) is 9.26. The van der Waals surface area contributed by atoms with Crippen LogP contribution in [0, 0.1) is 0 Å². The van der Waals surface area contributed by atoms with Gasteiger partial charge in [-0.3, -0.25) is 4.79 Å². The fourth-order valence-corrected chi connectivity index (χ4v) is 3.37. The van der Waals surface area contributed by atoms with Crippen LogP contribution in [0.2, 0.25) is 5.02 Å². The van der Waals surface area contributed by atoms with E-state index in [0.29, 0.717) is 41.9 Å². The lowest BCUT2D eigenvalue weighted by molar-refractivity contribution is 0.0159. The maximum absolute atomic E-state index is 13.2. The van der Waals surface area contributed by atoms with Crippen molar-refractivity contribution in [1.29, 1.82) is 0 Å². The number of hydrogen-bond acceptors (Lipinski definition) is 4. The number of carbonyl (C=O) groups excluding carboxylic acids is 1. The number of rotatable bonds is 5. The summed E-state index contributed by atoms with van der Waals surface area (Å²) in [5, 5.41) is 2.37. The van der Waals surface area contributed by atoms with Gasteiger partial charge in [0.05, 0.1) is 25.3 Å².